The van der Waals surface area contributed by atoms with Gasteiger partial charge >= 0.3 is 6.09 Å². The van der Waals surface area contributed by atoms with Crippen LogP contribution in [0.25, 0.3) is 0 Å². The average molecular weight is 340 g/mol. The molecule has 2 aromatic rings. The first-order valence-corrected chi connectivity index (χ1v) is 8.73. The Morgan fingerprint density at radius 1 is 0.960 bits per heavy atom. The van der Waals surface area contributed by atoms with E-state index in [4.69, 9.17) is 4.74 Å². The summed E-state index contributed by atoms with van der Waals surface area (Å²) < 4.78 is 5.45. The van der Waals surface area contributed by atoms with Crippen LogP contribution in [0.3, 0.4) is 0 Å². The summed E-state index contributed by atoms with van der Waals surface area (Å²) in [6, 6.07) is 18.7. The lowest BCUT2D eigenvalue weighted by molar-refractivity contribution is 0.165. The molecule has 4 nitrogen and oxygen atoms in total. The Labute approximate surface area is 151 Å². The molecule has 0 aromatic heterocycles. The van der Waals surface area contributed by atoms with E-state index < -0.39 is 0 Å². The summed E-state index contributed by atoms with van der Waals surface area (Å²) in [6.07, 6.45) is -0.335. The van der Waals surface area contributed by atoms with Gasteiger partial charge in [0, 0.05) is 25.7 Å². The van der Waals surface area contributed by atoms with Crippen molar-refractivity contribution in [3.05, 3.63) is 65.7 Å². The first-order chi connectivity index (χ1) is 11.9. The number of ether oxygens (including phenoxy) is 1. The average Bonchev–Trinajstić information content (AvgIpc) is 2.66. The van der Waals surface area contributed by atoms with Crippen LogP contribution in [-0.4, -0.2) is 36.5 Å². The third-order valence-corrected chi connectivity index (χ3v) is 4.84. The number of benzene rings is 2. The zero-order chi connectivity index (χ0) is 18.4. The van der Waals surface area contributed by atoms with Gasteiger partial charge in [0.05, 0.1) is 0 Å². The fourth-order valence-corrected chi connectivity index (χ4v) is 2.68. The van der Waals surface area contributed by atoms with Crippen LogP contribution < -0.4 is 4.74 Å². The van der Waals surface area contributed by atoms with E-state index >= 15 is 0 Å². The maximum absolute atomic E-state index is 11.9. The molecule has 1 amide bonds. The highest BCUT2D eigenvalue weighted by molar-refractivity contribution is 5.70. The number of nitrogens with zero attached hydrogens (tertiary/aromatic N) is 2. The van der Waals surface area contributed by atoms with Crippen molar-refractivity contribution in [2.45, 2.75) is 32.9 Å². The quantitative estimate of drug-likeness (QED) is 0.750. The molecule has 2 aromatic carbocycles. The van der Waals surface area contributed by atoms with Crippen molar-refractivity contribution in [2.24, 2.45) is 0 Å². The number of carbonyl (C=O) groups is 1. The molecule has 0 N–H and O–H groups in total. The van der Waals surface area contributed by atoms with Crippen molar-refractivity contribution >= 4 is 6.09 Å². The first kappa shape index (κ1) is 19.0. The lowest BCUT2D eigenvalue weighted by Gasteiger charge is -2.31. The van der Waals surface area contributed by atoms with Gasteiger partial charge in [-0.3, -0.25) is 4.90 Å². The number of rotatable bonds is 6. The molecule has 2 atom stereocenters. The number of carbonyl (C=O) groups excluding carboxylic acids is 1. The Kier molecular flexibility index (Phi) is 6.59. The maximum Gasteiger partial charge on any atom is 0.414 e. The molecule has 0 spiro atoms. The summed E-state index contributed by atoms with van der Waals surface area (Å²) in [7, 11) is 3.84. The molecule has 0 bridgehead atoms. The van der Waals surface area contributed by atoms with Gasteiger partial charge in [-0.15, -0.1) is 0 Å². The highest BCUT2D eigenvalue weighted by Gasteiger charge is 2.19. The molecular formula is C21H28N2O2. The fraction of sp³-hybridized carbons (Fsp3) is 0.381. The van der Waals surface area contributed by atoms with Gasteiger partial charge in [-0.25, -0.2) is 4.79 Å². The predicted octanol–water partition coefficient (Wildman–Crippen LogP) is 4.89. The molecule has 0 heterocycles. The SMILES string of the molecule is CCN(C)C(=O)Oc1cccc(C(C)N(C)[C@@H](C)c2ccccc2)c1. The van der Waals surface area contributed by atoms with Gasteiger partial charge in [-0.2, -0.15) is 0 Å². The van der Waals surface area contributed by atoms with E-state index in [1.807, 2.05) is 31.2 Å². The van der Waals surface area contributed by atoms with Crippen LogP contribution in [0.1, 0.15) is 44.0 Å². The van der Waals surface area contributed by atoms with Crippen LogP contribution in [0.2, 0.25) is 0 Å². The normalized spacial score (nSPS) is 13.4. The molecular weight excluding hydrogens is 312 g/mol. The Bertz CT molecular complexity index is 687. The standard InChI is InChI=1S/C21H28N2O2/c1-6-22(4)21(24)25-20-14-10-13-19(15-20)17(3)23(5)16(2)18-11-8-7-9-12-18/h7-17H,6H2,1-5H3/t16-,17?/m0/s1. The molecule has 134 valence electrons. The largest absolute Gasteiger partial charge is 0.414 e. The zero-order valence-corrected chi connectivity index (χ0v) is 15.8. The highest BCUT2D eigenvalue weighted by Crippen LogP contribution is 2.30. The second-order valence-corrected chi connectivity index (χ2v) is 6.38. The molecule has 2 rings (SSSR count). The maximum atomic E-state index is 11.9. The van der Waals surface area contributed by atoms with Crippen LogP contribution in [0.4, 0.5) is 4.79 Å². The molecule has 0 radical (unpaired) electrons. The zero-order valence-electron chi connectivity index (χ0n) is 15.8. The minimum atomic E-state index is -0.335. The van der Waals surface area contributed by atoms with Crippen molar-refractivity contribution in [2.75, 3.05) is 20.6 Å². The minimum absolute atomic E-state index is 0.192. The van der Waals surface area contributed by atoms with E-state index in [2.05, 4.69) is 56.1 Å². The second-order valence-electron chi connectivity index (χ2n) is 6.38. The Morgan fingerprint density at radius 3 is 2.20 bits per heavy atom. The number of amides is 1. The third-order valence-electron chi connectivity index (χ3n) is 4.84. The topological polar surface area (TPSA) is 32.8 Å². The van der Waals surface area contributed by atoms with Gasteiger partial charge in [-0.05, 0) is 51.1 Å². The molecule has 0 saturated carbocycles. The molecule has 4 heteroatoms. The van der Waals surface area contributed by atoms with E-state index in [9.17, 15) is 4.79 Å². The Morgan fingerprint density at radius 2 is 1.56 bits per heavy atom. The molecule has 0 saturated heterocycles. The van der Waals surface area contributed by atoms with Gasteiger partial charge in [-0.1, -0.05) is 42.5 Å². The predicted molar refractivity (Wildman–Crippen MR) is 102 cm³/mol. The van der Waals surface area contributed by atoms with Gasteiger partial charge in [0.15, 0.2) is 0 Å². The van der Waals surface area contributed by atoms with Crippen molar-refractivity contribution in [1.29, 1.82) is 0 Å². The van der Waals surface area contributed by atoms with Crippen LogP contribution in [0.15, 0.2) is 54.6 Å². The minimum Gasteiger partial charge on any atom is -0.410 e. The molecule has 25 heavy (non-hydrogen) atoms. The first-order valence-electron chi connectivity index (χ1n) is 8.73. The van der Waals surface area contributed by atoms with E-state index in [1.54, 1.807) is 11.9 Å². The summed E-state index contributed by atoms with van der Waals surface area (Å²) in [5, 5.41) is 0. The summed E-state index contributed by atoms with van der Waals surface area (Å²) in [5.41, 5.74) is 2.40. The number of hydrogen-bond donors (Lipinski definition) is 0. The monoisotopic (exact) mass is 340 g/mol. The van der Waals surface area contributed by atoms with Crippen molar-refractivity contribution in [3.8, 4) is 5.75 Å². The van der Waals surface area contributed by atoms with Crippen molar-refractivity contribution in [3.63, 3.8) is 0 Å². The fourth-order valence-electron chi connectivity index (χ4n) is 2.68. The Balaban J connectivity index is 2.12. The van der Waals surface area contributed by atoms with Gasteiger partial charge < -0.3 is 9.64 Å². The lowest BCUT2D eigenvalue weighted by atomic mass is 10.0. The van der Waals surface area contributed by atoms with Crippen molar-refractivity contribution < 1.29 is 9.53 Å². The number of hydrogen-bond acceptors (Lipinski definition) is 3. The summed E-state index contributed by atoms with van der Waals surface area (Å²) in [5.74, 6) is 0.579. The summed E-state index contributed by atoms with van der Waals surface area (Å²) in [6.45, 7) is 6.90. The molecule has 0 aliphatic rings. The van der Waals surface area contributed by atoms with Crippen LogP contribution in [0.5, 0.6) is 5.75 Å². The lowest BCUT2D eigenvalue weighted by Crippen LogP contribution is -2.29. The highest BCUT2D eigenvalue weighted by atomic mass is 16.6. The van der Waals surface area contributed by atoms with E-state index in [1.165, 1.54) is 5.56 Å². The summed E-state index contributed by atoms with van der Waals surface area (Å²) >= 11 is 0. The molecule has 0 aliphatic heterocycles. The third kappa shape index (κ3) is 4.83. The second kappa shape index (κ2) is 8.67. The van der Waals surface area contributed by atoms with Crippen LogP contribution in [0, 0.1) is 0 Å². The van der Waals surface area contributed by atoms with E-state index in [0.29, 0.717) is 12.3 Å². The van der Waals surface area contributed by atoms with Crippen molar-refractivity contribution in [1.82, 2.24) is 9.80 Å². The smallest absolute Gasteiger partial charge is 0.410 e. The van der Waals surface area contributed by atoms with E-state index in [-0.39, 0.29) is 18.2 Å². The Hall–Kier alpha value is -2.33. The van der Waals surface area contributed by atoms with Gasteiger partial charge in [0.2, 0.25) is 0 Å². The van der Waals surface area contributed by atoms with Gasteiger partial charge in [0.25, 0.3) is 0 Å². The molecule has 0 fully saturated rings. The van der Waals surface area contributed by atoms with Gasteiger partial charge in [0.1, 0.15) is 5.75 Å². The molecule has 1 unspecified atom stereocenters. The van der Waals surface area contributed by atoms with Crippen LogP contribution >= 0.6 is 0 Å². The summed E-state index contributed by atoms with van der Waals surface area (Å²) in [4.78, 5) is 15.8. The molecule has 0 aliphatic carbocycles. The van der Waals surface area contributed by atoms with Crippen LogP contribution in [-0.2, 0) is 0 Å². The van der Waals surface area contributed by atoms with E-state index in [0.717, 1.165) is 5.56 Å².